The second-order valence-electron chi connectivity index (χ2n) is 2.84. The fourth-order valence-corrected chi connectivity index (χ4v) is 1.26. The molecule has 0 bridgehead atoms. The molecule has 1 aromatic heterocycles. The largest absolute Gasteiger partial charge is 0.383 e. The first kappa shape index (κ1) is 8.32. The normalized spacial score (nSPS) is 9.93. The Kier molecular flexibility index (Phi) is 1.72. The molecule has 0 unspecified atom stereocenters. The van der Waals surface area contributed by atoms with Gasteiger partial charge in [0.2, 0.25) is 5.95 Å². The number of nitrogens with zero attached hydrogens (tertiary/aromatic N) is 2. The van der Waals surface area contributed by atoms with Gasteiger partial charge in [-0.3, -0.25) is 0 Å². The molecular weight excluding hydrogens is 176 g/mol. The molecule has 0 amide bonds. The summed E-state index contributed by atoms with van der Waals surface area (Å²) in [5.41, 5.74) is 12.6. The Morgan fingerprint density at radius 2 is 2.00 bits per heavy atom. The van der Waals surface area contributed by atoms with Crippen molar-refractivity contribution >= 4 is 22.7 Å². The molecule has 0 fully saturated rings. The number of fused-ring (bicyclic) bond motifs is 1. The molecular formula is C10H8N4. The number of rotatable bonds is 0. The summed E-state index contributed by atoms with van der Waals surface area (Å²) in [6.45, 7) is 0. The van der Waals surface area contributed by atoms with Crippen molar-refractivity contribution in [3.63, 3.8) is 0 Å². The first-order valence-electron chi connectivity index (χ1n) is 4.00. The van der Waals surface area contributed by atoms with Gasteiger partial charge in [-0.1, -0.05) is 5.92 Å². The number of hydrogen-bond acceptors (Lipinski definition) is 4. The fraction of sp³-hybridized carbons (Fsp3) is 0. The molecule has 4 N–H and O–H groups in total. The van der Waals surface area contributed by atoms with Crippen LogP contribution in [0.25, 0.3) is 10.9 Å². The summed E-state index contributed by atoms with van der Waals surface area (Å²) in [6.07, 6.45) is 5.26. The SMILES string of the molecule is C#Cc1ccc2nc(N)nc(N)c2c1. The van der Waals surface area contributed by atoms with Gasteiger partial charge in [0.05, 0.1) is 5.52 Å². The maximum absolute atomic E-state index is 5.68. The molecule has 1 heterocycles. The van der Waals surface area contributed by atoms with E-state index in [1.54, 1.807) is 18.2 Å². The van der Waals surface area contributed by atoms with Gasteiger partial charge < -0.3 is 11.5 Å². The summed E-state index contributed by atoms with van der Waals surface area (Å²) in [7, 11) is 0. The van der Waals surface area contributed by atoms with Crippen molar-refractivity contribution in [2.24, 2.45) is 0 Å². The van der Waals surface area contributed by atoms with Crippen LogP contribution in [0, 0.1) is 12.3 Å². The average Bonchev–Trinajstić information content (AvgIpc) is 2.17. The Morgan fingerprint density at radius 1 is 1.21 bits per heavy atom. The van der Waals surface area contributed by atoms with E-state index in [4.69, 9.17) is 17.9 Å². The van der Waals surface area contributed by atoms with E-state index in [-0.39, 0.29) is 5.95 Å². The molecule has 0 aliphatic heterocycles. The van der Waals surface area contributed by atoms with E-state index in [1.807, 2.05) is 0 Å². The minimum Gasteiger partial charge on any atom is -0.383 e. The van der Waals surface area contributed by atoms with E-state index in [0.29, 0.717) is 11.3 Å². The monoisotopic (exact) mass is 184 g/mol. The van der Waals surface area contributed by atoms with Crippen LogP contribution in [0.1, 0.15) is 5.56 Å². The van der Waals surface area contributed by atoms with Gasteiger partial charge in [-0.05, 0) is 18.2 Å². The molecule has 0 radical (unpaired) electrons. The van der Waals surface area contributed by atoms with E-state index < -0.39 is 0 Å². The van der Waals surface area contributed by atoms with Crippen LogP contribution < -0.4 is 11.5 Å². The van der Waals surface area contributed by atoms with E-state index in [0.717, 1.165) is 10.9 Å². The Morgan fingerprint density at radius 3 is 2.71 bits per heavy atom. The molecule has 14 heavy (non-hydrogen) atoms. The maximum Gasteiger partial charge on any atom is 0.222 e. The lowest BCUT2D eigenvalue weighted by atomic mass is 10.1. The van der Waals surface area contributed by atoms with Crippen molar-refractivity contribution in [1.29, 1.82) is 0 Å². The number of hydrogen-bond donors (Lipinski definition) is 2. The Bertz CT molecular complexity index is 540. The first-order valence-corrected chi connectivity index (χ1v) is 4.00. The molecule has 0 aliphatic carbocycles. The third-order valence-corrected chi connectivity index (χ3v) is 1.91. The van der Waals surface area contributed by atoms with Gasteiger partial charge in [-0.25, -0.2) is 4.98 Å². The molecule has 1 aromatic carbocycles. The number of anilines is 2. The number of terminal acetylenes is 1. The van der Waals surface area contributed by atoms with Crippen molar-refractivity contribution in [3.05, 3.63) is 23.8 Å². The van der Waals surface area contributed by atoms with Crippen molar-refractivity contribution < 1.29 is 0 Å². The highest BCUT2D eigenvalue weighted by molar-refractivity contribution is 5.89. The second kappa shape index (κ2) is 2.89. The molecule has 4 heteroatoms. The summed E-state index contributed by atoms with van der Waals surface area (Å²) in [5.74, 6) is 3.04. The van der Waals surface area contributed by atoms with Crippen LogP contribution in [-0.4, -0.2) is 9.97 Å². The fourth-order valence-electron chi connectivity index (χ4n) is 1.26. The summed E-state index contributed by atoms with van der Waals surface area (Å²) < 4.78 is 0. The predicted molar refractivity (Wildman–Crippen MR) is 56.3 cm³/mol. The zero-order valence-corrected chi connectivity index (χ0v) is 7.36. The highest BCUT2D eigenvalue weighted by atomic mass is 15.0. The third kappa shape index (κ3) is 1.21. The van der Waals surface area contributed by atoms with Gasteiger partial charge in [0.1, 0.15) is 5.82 Å². The van der Waals surface area contributed by atoms with E-state index in [2.05, 4.69) is 15.9 Å². The number of benzene rings is 1. The predicted octanol–water partition coefficient (Wildman–Crippen LogP) is 0.776. The standard InChI is InChI=1S/C10H8N4/c1-2-6-3-4-8-7(5-6)9(11)14-10(12)13-8/h1,3-5H,(H4,11,12,13,14). The topological polar surface area (TPSA) is 77.8 Å². The molecule has 2 aromatic rings. The summed E-state index contributed by atoms with van der Waals surface area (Å²) >= 11 is 0. The van der Waals surface area contributed by atoms with Gasteiger partial charge in [0.25, 0.3) is 0 Å². The summed E-state index contributed by atoms with van der Waals surface area (Å²) in [5, 5.41) is 0.731. The molecule has 4 nitrogen and oxygen atoms in total. The lowest BCUT2D eigenvalue weighted by Gasteiger charge is -2.02. The Balaban J connectivity index is 2.84. The van der Waals surface area contributed by atoms with Gasteiger partial charge in [0, 0.05) is 10.9 Å². The molecule has 0 spiro atoms. The van der Waals surface area contributed by atoms with Gasteiger partial charge in [0.15, 0.2) is 0 Å². The minimum atomic E-state index is 0.170. The van der Waals surface area contributed by atoms with Crippen LogP contribution in [0.5, 0.6) is 0 Å². The molecule has 2 rings (SSSR count). The smallest absolute Gasteiger partial charge is 0.222 e. The van der Waals surface area contributed by atoms with Gasteiger partial charge in [-0.2, -0.15) is 4.98 Å². The average molecular weight is 184 g/mol. The van der Waals surface area contributed by atoms with Crippen LogP contribution in [-0.2, 0) is 0 Å². The first-order chi connectivity index (χ1) is 6.70. The van der Waals surface area contributed by atoms with Crippen LogP contribution in [0.3, 0.4) is 0 Å². The maximum atomic E-state index is 5.68. The second-order valence-corrected chi connectivity index (χ2v) is 2.84. The van der Waals surface area contributed by atoms with Crippen molar-refractivity contribution in [2.45, 2.75) is 0 Å². The van der Waals surface area contributed by atoms with Crippen molar-refractivity contribution in [2.75, 3.05) is 11.5 Å². The Labute approximate surface area is 81.0 Å². The minimum absolute atomic E-state index is 0.170. The van der Waals surface area contributed by atoms with Crippen LogP contribution >= 0.6 is 0 Å². The van der Waals surface area contributed by atoms with Gasteiger partial charge >= 0.3 is 0 Å². The van der Waals surface area contributed by atoms with Crippen molar-refractivity contribution in [3.8, 4) is 12.3 Å². The van der Waals surface area contributed by atoms with Crippen molar-refractivity contribution in [1.82, 2.24) is 9.97 Å². The molecule has 0 saturated carbocycles. The molecule has 0 atom stereocenters. The number of aromatic nitrogens is 2. The van der Waals surface area contributed by atoms with E-state index in [1.165, 1.54) is 0 Å². The van der Waals surface area contributed by atoms with Crippen LogP contribution in [0.4, 0.5) is 11.8 Å². The molecule has 68 valence electrons. The van der Waals surface area contributed by atoms with Crippen LogP contribution in [0.2, 0.25) is 0 Å². The number of nitrogen functional groups attached to an aromatic ring is 2. The third-order valence-electron chi connectivity index (χ3n) is 1.91. The summed E-state index contributed by atoms with van der Waals surface area (Å²) in [4.78, 5) is 7.88. The Hall–Kier alpha value is -2.28. The lowest BCUT2D eigenvalue weighted by molar-refractivity contribution is 1.24. The van der Waals surface area contributed by atoms with E-state index in [9.17, 15) is 0 Å². The summed E-state index contributed by atoms with van der Waals surface area (Å²) in [6, 6.07) is 5.33. The number of nitrogens with two attached hydrogens (primary N) is 2. The highest BCUT2D eigenvalue weighted by Gasteiger charge is 2.02. The molecule has 0 aliphatic rings. The quantitative estimate of drug-likeness (QED) is 0.593. The molecule has 0 saturated heterocycles. The zero-order valence-electron chi connectivity index (χ0n) is 7.36. The lowest BCUT2D eigenvalue weighted by Crippen LogP contribution is -2.00. The highest BCUT2D eigenvalue weighted by Crippen LogP contribution is 2.19. The van der Waals surface area contributed by atoms with Crippen LogP contribution in [0.15, 0.2) is 18.2 Å². The zero-order chi connectivity index (χ0) is 10.1. The van der Waals surface area contributed by atoms with Gasteiger partial charge in [-0.15, -0.1) is 6.42 Å². The van der Waals surface area contributed by atoms with E-state index >= 15 is 0 Å².